The van der Waals surface area contributed by atoms with Crippen LogP contribution < -0.4 is 0 Å². The summed E-state index contributed by atoms with van der Waals surface area (Å²) in [5, 5.41) is 10.9. The third-order valence-corrected chi connectivity index (χ3v) is 5.91. The zero-order valence-corrected chi connectivity index (χ0v) is 12.8. The quantitative estimate of drug-likeness (QED) is 0.585. The van der Waals surface area contributed by atoms with E-state index in [-0.39, 0.29) is 0 Å². The average Bonchev–Trinajstić information content (AvgIpc) is 3.05. The SMILES string of the molecule is Cc1c(C(=O)O)sc2ncnc(SCc3cncs3)c12. The lowest BCUT2D eigenvalue weighted by Gasteiger charge is -2.01. The maximum atomic E-state index is 11.2. The number of carboxylic acid groups (broad SMARTS) is 1. The number of aryl methyl sites for hydroxylation is 1. The predicted octanol–water partition coefficient (Wildman–Crippen LogP) is 3.45. The largest absolute Gasteiger partial charge is 0.477 e. The molecule has 0 saturated carbocycles. The minimum atomic E-state index is -0.913. The Kier molecular flexibility index (Phi) is 3.68. The molecule has 3 aromatic rings. The Hall–Kier alpha value is -1.51. The summed E-state index contributed by atoms with van der Waals surface area (Å²) in [7, 11) is 0. The van der Waals surface area contributed by atoms with Gasteiger partial charge in [-0.05, 0) is 12.5 Å². The molecule has 0 aliphatic rings. The van der Waals surface area contributed by atoms with E-state index in [4.69, 9.17) is 0 Å². The third-order valence-electron chi connectivity index (χ3n) is 2.72. The van der Waals surface area contributed by atoms with Crippen molar-refractivity contribution in [2.45, 2.75) is 17.7 Å². The minimum Gasteiger partial charge on any atom is -0.477 e. The zero-order chi connectivity index (χ0) is 14.1. The molecule has 20 heavy (non-hydrogen) atoms. The fourth-order valence-corrected chi connectivity index (χ4v) is 4.55. The zero-order valence-electron chi connectivity index (χ0n) is 10.4. The highest BCUT2D eigenvalue weighted by molar-refractivity contribution is 7.98. The molecule has 3 heterocycles. The van der Waals surface area contributed by atoms with Gasteiger partial charge < -0.3 is 5.11 Å². The molecule has 8 heteroatoms. The van der Waals surface area contributed by atoms with Crippen LogP contribution in [0.3, 0.4) is 0 Å². The first-order valence-corrected chi connectivity index (χ1v) is 8.32. The van der Waals surface area contributed by atoms with Gasteiger partial charge in [0.2, 0.25) is 0 Å². The number of nitrogens with zero attached hydrogens (tertiary/aromatic N) is 3. The number of thiazole rings is 1. The van der Waals surface area contributed by atoms with Crippen LogP contribution in [-0.4, -0.2) is 26.0 Å². The Morgan fingerprint density at radius 1 is 1.45 bits per heavy atom. The Morgan fingerprint density at radius 3 is 3.00 bits per heavy atom. The Morgan fingerprint density at radius 2 is 2.30 bits per heavy atom. The number of aromatic nitrogens is 3. The summed E-state index contributed by atoms with van der Waals surface area (Å²) in [6.07, 6.45) is 3.32. The van der Waals surface area contributed by atoms with Gasteiger partial charge in [0.15, 0.2) is 0 Å². The van der Waals surface area contributed by atoms with Crippen LogP contribution in [0.25, 0.3) is 10.2 Å². The number of thioether (sulfide) groups is 1. The molecule has 0 aliphatic carbocycles. The number of carbonyl (C=O) groups is 1. The smallest absolute Gasteiger partial charge is 0.346 e. The first-order chi connectivity index (χ1) is 9.66. The van der Waals surface area contributed by atoms with Crippen molar-refractivity contribution < 1.29 is 9.90 Å². The Labute approximate surface area is 126 Å². The minimum absolute atomic E-state index is 0.333. The fraction of sp³-hybridized carbons (Fsp3) is 0.167. The number of aromatic carboxylic acids is 1. The molecule has 3 rings (SSSR count). The van der Waals surface area contributed by atoms with Gasteiger partial charge >= 0.3 is 5.97 Å². The van der Waals surface area contributed by atoms with Crippen LogP contribution in [0.15, 0.2) is 23.1 Å². The number of carboxylic acids is 1. The van der Waals surface area contributed by atoms with Gasteiger partial charge in [-0.1, -0.05) is 11.8 Å². The second kappa shape index (κ2) is 5.47. The summed E-state index contributed by atoms with van der Waals surface area (Å²) in [6, 6.07) is 0. The van der Waals surface area contributed by atoms with Crippen LogP contribution in [0.4, 0.5) is 0 Å². The van der Waals surface area contributed by atoms with Gasteiger partial charge in [-0.3, -0.25) is 4.98 Å². The molecule has 0 bridgehead atoms. The molecule has 0 unspecified atom stereocenters. The third kappa shape index (κ3) is 2.41. The monoisotopic (exact) mass is 323 g/mol. The van der Waals surface area contributed by atoms with E-state index in [0.29, 0.717) is 4.88 Å². The van der Waals surface area contributed by atoms with Gasteiger partial charge in [-0.2, -0.15) is 0 Å². The van der Waals surface area contributed by atoms with Crippen molar-refractivity contribution in [3.05, 3.63) is 33.4 Å². The van der Waals surface area contributed by atoms with E-state index in [0.717, 1.165) is 31.4 Å². The standard InChI is InChI=1S/C12H9N3O2S3/c1-6-8-10(18-3-7-2-13-5-19-7)14-4-15-11(8)20-9(6)12(16)17/h2,4-5H,3H2,1H3,(H,16,17). The fourth-order valence-electron chi connectivity index (χ4n) is 1.81. The van der Waals surface area contributed by atoms with Crippen LogP contribution in [-0.2, 0) is 5.75 Å². The molecule has 0 radical (unpaired) electrons. The van der Waals surface area contributed by atoms with Crippen LogP contribution in [0.1, 0.15) is 20.1 Å². The Bertz CT molecular complexity index is 768. The van der Waals surface area contributed by atoms with E-state index in [9.17, 15) is 9.90 Å². The number of hydrogen-bond acceptors (Lipinski definition) is 7. The second-order valence-corrected chi connectivity index (χ2v) is 6.91. The van der Waals surface area contributed by atoms with Gasteiger partial charge in [0.1, 0.15) is 21.1 Å². The lowest BCUT2D eigenvalue weighted by Crippen LogP contribution is -1.94. The summed E-state index contributed by atoms with van der Waals surface area (Å²) in [6.45, 7) is 1.81. The number of thiophene rings is 1. The lowest BCUT2D eigenvalue weighted by molar-refractivity contribution is 0.0701. The van der Waals surface area contributed by atoms with E-state index in [2.05, 4.69) is 15.0 Å². The van der Waals surface area contributed by atoms with Crippen molar-refractivity contribution in [1.29, 1.82) is 0 Å². The molecular weight excluding hydrogens is 314 g/mol. The van der Waals surface area contributed by atoms with Crippen LogP contribution in [0, 0.1) is 6.92 Å². The van der Waals surface area contributed by atoms with Gasteiger partial charge in [0.25, 0.3) is 0 Å². The molecule has 0 amide bonds. The molecule has 0 fully saturated rings. The average molecular weight is 323 g/mol. The molecule has 0 aromatic carbocycles. The summed E-state index contributed by atoms with van der Waals surface area (Å²) in [4.78, 5) is 25.9. The van der Waals surface area contributed by atoms with E-state index < -0.39 is 5.97 Å². The van der Waals surface area contributed by atoms with Gasteiger partial charge in [0, 0.05) is 22.2 Å². The molecule has 3 aromatic heterocycles. The summed E-state index contributed by atoms with van der Waals surface area (Å²) >= 11 is 4.37. The normalized spacial score (nSPS) is 11.1. The highest BCUT2D eigenvalue weighted by Crippen LogP contribution is 2.36. The van der Waals surface area contributed by atoms with Crippen LogP contribution in [0.5, 0.6) is 0 Å². The van der Waals surface area contributed by atoms with E-state index >= 15 is 0 Å². The van der Waals surface area contributed by atoms with Crippen molar-refractivity contribution >= 4 is 50.6 Å². The van der Waals surface area contributed by atoms with Crippen LogP contribution >= 0.6 is 34.4 Å². The van der Waals surface area contributed by atoms with E-state index in [1.165, 1.54) is 17.7 Å². The summed E-state index contributed by atoms with van der Waals surface area (Å²) < 4.78 is 0. The van der Waals surface area contributed by atoms with Crippen molar-refractivity contribution in [1.82, 2.24) is 15.0 Å². The first kappa shape index (κ1) is 13.5. The first-order valence-electron chi connectivity index (χ1n) is 5.64. The molecular formula is C12H9N3O2S3. The van der Waals surface area contributed by atoms with Gasteiger partial charge in [0.05, 0.1) is 5.51 Å². The topological polar surface area (TPSA) is 76.0 Å². The molecule has 0 saturated heterocycles. The highest BCUT2D eigenvalue weighted by atomic mass is 32.2. The lowest BCUT2D eigenvalue weighted by atomic mass is 10.2. The van der Waals surface area contributed by atoms with E-state index in [1.807, 2.05) is 13.1 Å². The second-order valence-electron chi connectivity index (χ2n) is 3.98. The molecule has 102 valence electrons. The maximum Gasteiger partial charge on any atom is 0.346 e. The Balaban J connectivity index is 2.00. The number of fused-ring (bicyclic) bond motifs is 1. The molecule has 1 N–H and O–H groups in total. The van der Waals surface area contributed by atoms with E-state index in [1.54, 1.807) is 28.6 Å². The van der Waals surface area contributed by atoms with Crippen molar-refractivity contribution in [3.8, 4) is 0 Å². The molecule has 5 nitrogen and oxygen atoms in total. The molecule has 0 aliphatic heterocycles. The number of hydrogen-bond donors (Lipinski definition) is 1. The molecule has 0 atom stereocenters. The highest BCUT2D eigenvalue weighted by Gasteiger charge is 2.18. The van der Waals surface area contributed by atoms with Crippen LogP contribution in [0.2, 0.25) is 0 Å². The summed E-state index contributed by atoms with van der Waals surface area (Å²) in [5.74, 6) is -0.141. The molecule has 0 spiro atoms. The number of rotatable bonds is 4. The van der Waals surface area contributed by atoms with Gasteiger partial charge in [-0.25, -0.2) is 14.8 Å². The van der Waals surface area contributed by atoms with Crippen molar-refractivity contribution in [2.24, 2.45) is 0 Å². The predicted molar refractivity (Wildman–Crippen MR) is 80.8 cm³/mol. The maximum absolute atomic E-state index is 11.2. The van der Waals surface area contributed by atoms with Crippen molar-refractivity contribution in [2.75, 3.05) is 0 Å². The summed E-state index contributed by atoms with van der Waals surface area (Å²) in [5.41, 5.74) is 2.54. The van der Waals surface area contributed by atoms with Gasteiger partial charge in [-0.15, -0.1) is 22.7 Å². The van der Waals surface area contributed by atoms with Crippen molar-refractivity contribution in [3.63, 3.8) is 0 Å².